The van der Waals surface area contributed by atoms with Crippen molar-refractivity contribution in [2.45, 2.75) is 31.8 Å². The van der Waals surface area contributed by atoms with Crippen molar-refractivity contribution in [3.63, 3.8) is 0 Å². The van der Waals surface area contributed by atoms with Gasteiger partial charge in [0.2, 0.25) is 0 Å². The van der Waals surface area contributed by atoms with Crippen molar-refractivity contribution in [1.82, 2.24) is 10.3 Å². The third kappa shape index (κ3) is 3.89. The maximum atomic E-state index is 15.2. The van der Waals surface area contributed by atoms with Crippen molar-refractivity contribution < 1.29 is 13.9 Å². The second-order valence-corrected chi connectivity index (χ2v) is 6.49. The van der Waals surface area contributed by atoms with Gasteiger partial charge in [-0.05, 0) is 31.0 Å². The largest absolute Gasteiger partial charge is 0.380 e. The van der Waals surface area contributed by atoms with E-state index in [4.69, 9.17) is 16.3 Å². The van der Waals surface area contributed by atoms with Crippen LogP contribution in [-0.4, -0.2) is 30.0 Å². The number of rotatable bonds is 6. The summed E-state index contributed by atoms with van der Waals surface area (Å²) in [7, 11) is 0. The number of nitrogens with one attached hydrogen (secondary N) is 1. The van der Waals surface area contributed by atoms with Gasteiger partial charge < -0.3 is 10.1 Å². The molecule has 2 atom stereocenters. The standard InChI is InChI=1S/C19H20ClFN2O2/c1-2-16(23-13-7-9-25-11-13)14-5-6-15(20)17(18(14)21)19(24)12-4-3-8-22-10-12/h3-6,8,10,13,16,23H,2,7,9,11H2,1H3/t13-,16-/m1/s1. The molecule has 1 fully saturated rings. The Morgan fingerprint density at radius 3 is 2.96 bits per heavy atom. The summed E-state index contributed by atoms with van der Waals surface area (Å²) in [4.78, 5) is 16.6. The first kappa shape index (κ1) is 18.0. The van der Waals surface area contributed by atoms with E-state index in [1.807, 2.05) is 6.92 Å². The van der Waals surface area contributed by atoms with Crippen LogP contribution in [0, 0.1) is 5.82 Å². The highest BCUT2D eigenvalue weighted by Crippen LogP contribution is 2.30. The van der Waals surface area contributed by atoms with Crippen molar-refractivity contribution in [2.75, 3.05) is 13.2 Å². The lowest BCUT2D eigenvalue weighted by Gasteiger charge is -2.23. The van der Waals surface area contributed by atoms with E-state index in [2.05, 4.69) is 10.3 Å². The summed E-state index contributed by atoms with van der Waals surface area (Å²) >= 11 is 6.14. The SMILES string of the molecule is CC[C@@H](N[C@@H]1CCOC1)c1ccc(Cl)c(C(=O)c2cccnc2)c1F. The topological polar surface area (TPSA) is 51.2 Å². The molecule has 2 aromatic rings. The van der Waals surface area contributed by atoms with Gasteiger partial charge >= 0.3 is 0 Å². The molecule has 1 N–H and O–H groups in total. The number of ether oxygens (including phenoxy) is 1. The molecule has 0 saturated carbocycles. The number of nitrogens with zero attached hydrogens (tertiary/aromatic N) is 1. The molecule has 1 aromatic carbocycles. The highest BCUT2D eigenvalue weighted by atomic mass is 35.5. The van der Waals surface area contributed by atoms with Gasteiger partial charge in [-0.1, -0.05) is 24.6 Å². The smallest absolute Gasteiger partial charge is 0.199 e. The average Bonchev–Trinajstić information content (AvgIpc) is 3.14. The first-order chi connectivity index (χ1) is 12.1. The molecule has 3 rings (SSSR count). The van der Waals surface area contributed by atoms with Crippen LogP contribution in [-0.2, 0) is 4.74 Å². The Bertz CT molecular complexity index is 749. The second-order valence-electron chi connectivity index (χ2n) is 6.08. The highest BCUT2D eigenvalue weighted by Gasteiger charge is 2.26. The van der Waals surface area contributed by atoms with Gasteiger partial charge in [-0.25, -0.2) is 4.39 Å². The quantitative estimate of drug-likeness (QED) is 0.791. The normalized spacial score (nSPS) is 18.3. The fraction of sp³-hybridized carbons (Fsp3) is 0.368. The van der Waals surface area contributed by atoms with Crippen LogP contribution in [0.15, 0.2) is 36.7 Å². The lowest BCUT2D eigenvalue weighted by atomic mass is 9.96. The summed E-state index contributed by atoms with van der Waals surface area (Å²) in [5.41, 5.74) is 0.659. The van der Waals surface area contributed by atoms with E-state index in [1.165, 1.54) is 6.20 Å². The minimum atomic E-state index is -0.570. The molecule has 1 aliphatic rings. The zero-order valence-electron chi connectivity index (χ0n) is 14.0. The van der Waals surface area contributed by atoms with E-state index in [9.17, 15) is 4.79 Å². The average molecular weight is 363 g/mol. The third-order valence-corrected chi connectivity index (χ3v) is 4.74. The van der Waals surface area contributed by atoms with Gasteiger partial charge in [0.15, 0.2) is 5.78 Å². The number of aromatic nitrogens is 1. The molecule has 0 aliphatic carbocycles. The molecule has 0 radical (unpaired) electrons. The van der Waals surface area contributed by atoms with Crippen molar-refractivity contribution >= 4 is 17.4 Å². The summed E-state index contributed by atoms with van der Waals surface area (Å²) in [5.74, 6) is -1.03. The van der Waals surface area contributed by atoms with Crippen LogP contribution in [0.1, 0.15) is 47.3 Å². The number of pyridine rings is 1. The minimum absolute atomic E-state index is 0.102. The predicted octanol–water partition coefficient (Wildman–Crippen LogP) is 3.93. The molecule has 6 heteroatoms. The van der Waals surface area contributed by atoms with Gasteiger partial charge in [-0.2, -0.15) is 0 Å². The Morgan fingerprint density at radius 2 is 2.32 bits per heavy atom. The summed E-state index contributed by atoms with van der Waals surface area (Å²) in [6.07, 6.45) is 4.56. The van der Waals surface area contributed by atoms with Crippen LogP contribution in [0.3, 0.4) is 0 Å². The van der Waals surface area contributed by atoms with Crippen LogP contribution < -0.4 is 5.32 Å². The molecule has 1 aliphatic heterocycles. The summed E-state index contributed by atoms with van der Waals surface area (Å²) < 4.78 is 20.6. The summed E-state index contributed by atoms with van der Waals surface area (Å²) in [6.45, 7) is 3.30. The van der Waals surface area contributed by atoms with Gasteiger partial charge in [-0.15, -0.1) is 0 Å². The first-order valence-electron chi connectivity index (χ1n) is 8.38. The Labute approximate surface area is 151 Å². The fourth-order valence-corrected chi connectivity index (χ4v) is 3.30. The minimum Gasteiger partial charge on any atom is -0.380 e. The van der Waals surface area contributed by atoms with E-state index < -0.39 is 11.6 Å². The van der Waals surface area contributed by atoms with E-state index in [-0.39, 0.29) is 22.7 Å². The summed E-state index contributed by atoms with van der Waals surface area (Å²) in [5, 5.41) is 3.52. The third-order valence-electron chi connectivity index (χ3n) is 4.42. The van der Waals surface area contributed by atoms with Crippen molar-refractivity contribution in [2.24, 2.45) is 0 Å². The predicted molar refractivity (Wildman–Crippen MR) is 94.5 cm³/mol. The fourth-order valence-electron chi connectivity index (χ4n) is 3.07. The van der Waals surface area contributed by atoms with Gasteiger partial charge in [-0.3, -0.25) is 9.78 Å². The lowest BCUT2D eigenvalue weighted by Crippen LogP contribution is -2.33. The number of halogens is 2. The number of benzene rings is 1. The van der Waals surface area contributed by atoms with Crippen molar-refractivity contribution in [3.8, 4) is 0 Å². The maximum absolute atomic E-state index is 15.2. The van der Waals surface area contributed by atoms with E-state index in [1.54, 1.807) is 30.5 Å². The molecule has 2 heterocycles. The molecular weight excluding hydrogens is 343 g/mol. The Kier molecular flexibility index (Phi) is 5.78. The number of carbonyl (C=O) groups is 1. The molecular formula is C19H20ClFN2O2. The lowest BCUT2D eigenvalue weighted by molar-refractivity contribution is 0.103. The number of hydrogen-bond donors (Lipinski definition) is 1. The summed E-state index contributed by atoms with van der Waals surface area (Å²) in [6, 6.07) is 6.46. The monoisotopic (exact) mass is 362 g/mol. The van der Waals surface area contributed by atoms with E-state index >= 15 is 4.39 Å². The van der Waals surface area contributed by atoms with Gasteiger partial charge in [0.05, 0.1) is 17.2 Å². The molecule has 0 bridgehead atoms. The number of ketones is 1. The second kappa shape index (κ2) is 8.04. The van der Waals surface area contributed by atoms with E-state index in [0.717, 1.165) is 6.42 Å². The van der Waals surface area contributed by atoms with Crippen LogP contribution in [0.2, 0.25) is 5.02 Å². The zero-order chi connectivity index (χ0) is 17.8. The van der Waals surface area contributed by atoms with Gasteiger partial charge in [0.25, 0.3) is 0 Å². The Hall–Kier alpha value is -1.82. The first-order valence-corrected chi connectivity index (χ1v) is 8.76. The van der Waals surface area contributed by atoms with Crippen molar-refractivity contribution in [3.05, 3.63) is 64.2 Å². The maximum Gasteiger partial charge on any atom is 0.199 e. The van der Waals surface area contributed by atoms with E-state index in [0.29, 0.717) is 30.8 Å². The molecule has 132 valence electrons. The zero-order valence-corrected chi connectivity index (χ0v) is 14.7. The highest BCUT2D eigenvalue weighted by molar-refractivity contribution is 6.35. The van der Waals surface area contributed by atoms with Crippen molar-refractivity contribution in [1.29, 1.82) is 0 Å². The molecule has 1 aromatic heterocycles. The van der Waals surface area contributed by atoms with Gasteiger partial charge in [0, 0.05) is 42.2 Å². The number of carbonyl (C=O) groups excluding carboxylic acids is 1. The molecule has 1 saturated heterocycles. The molecule has 0 spiro atoms. The molecule has 25 heavy (non-hydrogen) atoms. The van der Waals surface area contributed by atoms with Crippen LogP contribution in [0.25, 0.3) is 0 Å². The molecule has 0 unspecified atom stereocenters. The van der Waals surface area contributed by atoms with Crippen LogP contribution in [0.4, 0.5) is 4.39 Å². The van der Waals surface area contributed by atoms with Crippen LogP contribution in [0.5, 0.6) is 0 Å². The Balaban J connectivity index is 1.94. The molecule has 4 nitrogen and oxygen atoms in total. The van der Waals surface area contributed by atoms with Crippen LogP contribution >= 0.6 is 11.6 Å². The van der Waals surface area contributed by atoms with Gasteiger partial charge in [0.1, 0.15) is 5.82 Å². The molecule has 0 amide bonds. The Morgan fingerprint density at radius 1 is 1.48 bits per heavy atom. The number of hydrogen-bond acceptors (Lipinski definition) is 4.